The van der Waals surface area contributed by atoms with Gasteiger partial charge in [0.15, 0.2) is 8.32 Å². The van der Waals surface area contributed by atoms with E-state index in [0.717, 1.165) is 12.8 Å². The summed E-state index contributed by atoms with van der Waals surface area (Å²) in [6, 6.07) is 0. The molecular weight excluding hydrogens is 380 g/mol. The largest absolute Gasteiger partial charge is 0.462 e. The SMILES string of the molecule is C#C/C=C(/C=C/[C@@]12O[C@]1(C)C[C@@H](O[Si](C)(C)C(C)(C)C)CC2(C)C)C(=O)OCC. The summed E-state index contributed by atoms with van der Waals surface area (Å²) >= 11 is 0. The number of epoxide rings is 1. The zero-order chi connectivity index (χ0) is 22.3. The molecule has 0 bridgehead atoms. The number of fused-ring (bicyclic) bond motifs is 1. The molecule has 1 saturated heterocycles. The number of terminal acetylenes is 1. The fourth-order valence-corrected chi connectivity index (χ4v) is 5.76. The van der Waals surface area contributed by atoms with E-state index in [0.29, 0.717) is 12.2 Å². The van der Waals surface area contributed by atoms with Crippen LogP contribution in [0.4, 0.5) is 0 Å². The molecule has 0 radical (unpaired) electrons. The number of hydrogen-bond acceptors (Lipinski definition) is 4. The molecule has 2 fully saturated rings. The first kappa shape index (κ1) is 23.9. The van der Waals surface area contributed by atoms with Gasteiger partial charge in [0.1, 0.15) is 11.2 Å². The third kappa shape index (κ3) is 4.40. The van der Waals surface area contributed by atoms with Crippen LogP contribution in [0.2, 0.25) is 18.1 Å². The Bertz CT molecular complexity index is 750. The number of hydrogen-bond donors (Lipinski definition) is 0. The predicted octanol–water partition coefficient (Wildman–Crippen LogP) is 5.40. The van der Waals surface area contributed by atoms with Gasteiger partial charge in [-0.1, -0.05) is 40.5 Å². The summed E-state index contributed by atoms with van der Waals surface area (Å²) in [5.41, 5.74) is -0.516. The summed E-state index contributed by atoms with van der Waals surface area (Å²) in [7, 11) is -1.86. The zero-order valence-electron chi connectivity index (χ0n) is 19.6. The van der Waals surface area contributed by atoms with Gasteiger partial charge in [-0.05, 0) is 50.6 Å². The van der Waals surface area contributed by atoms with Crippen LogP contribution in [0.1, 0.15) is 61.3 Å². The molecule has 1 heterocycles. The normalized spacial score (nSPS) is 31.9. The molecule has 4 nitrogen and oxygen atoms in total. The molecule has 1 aliphatic carbocycles. The number of allylic oxidation sites excluding steroid dienone is 1. The monoisotopic (exact) mass is 418 g/mol. The van der Waals surface area contributed by atoms with Gasteiger partial charge in [-0.25, -0.2) is 4.79 Å². The Labute approximate surface area is 178 Å². The molecule has 5 heteroatoms. The smallest absolute Gasteiger partial charge is 0.338 e. The molecule has 1 saturated carbocycles. The molecule has 162 valence electrons. The third-order valence-electron chi connectivity index (χ3n) is 7.01. The average Bonchev–Trinajstić information content (AvgIpc) is 3.16. The number of rotatable bonds is 6. The number of carbonyl (C=O) groups is 1. The van der Waals surface area contributed by atoms with Gasteiger partial charge in [0.2, 0.25) is 0 Å². The molecule has 0 aromatic rings. The Hall–Kier alpha value is -1.35. The van der Waals surface area contributed by atoms with Gasteiger partial charge < -0.3 is 13.9 Å². The van der Waals surface area contributed by atoms with Crippen molar-refractivity contribution in [2.24, 2.45) is 5.41 Å². The average molecular weight is 419 g/mol. The Morgan fingerprint density at radius 2 is 1.90 bits per heavy atom. The van der Waals surface area contributed by atoms with Crippen LogP contribution in [0.5, 0.6) is 0 Å². The van der Waals surface area contributed by atoms with E-state index in [9.17, 15) is 4.79 Å². The van der Waals surface area contributed by atoms with E-state index in [1.165, 1.54) is 6.08 Å². The molecule has 1 aliphatic heterocycles. The van der Waals surface area contributed by atoms with Gasteiger partial charge in [-0.15, -0.1) is 6.42 Å². The molecular formula is C24H38O4Si. The Kier molecular flexibility index (Phi) is 6.37. The van der Waals surface area contributed by atoms with Crippen molar-refractivity contribution in [1.82, 2.24) is 0 Å². The molecule has 2 aliphatic rings. The molecule has 0 spiro atoms. The highest BCUT2D eigenvalue weighted by molar-refractivity contribution is 6.74. The number of ether oxygens (including phenoxy) is 2. The molecule has 3 atom stereocenters. The quantitative estimate of drug-likeness (QED) is 0.145. The molecule has 0 amide bonds. The van der Waals surface area contributed by atoms with Crippen molar-refractivity contribution < 1.29 is 18.7 Å². The minimum absolute atomic E-state index is 0.139. The first-order chi connectivity index (χ1) is 13.1. The second-order valence-electron chi connectivity index (χ2n) is 10.7. The lowest BCUT2D eigenvalue weighted by atomic mass is 9.63. The van der Waals surface area contributed by atoms with Crippen LogP contribution in [0.15, 0.2) is 23.8 Å². The Morgan fingerprint density at radius 3 is 2.38 bits per heavy atom. The standard InChI is InChI=1S/C24H38O4Si/c1-11-13-18(20(25)26-12-2)14-15-24-22(6,7)16-19(17-23(24,8)28-24)27-29(9,10)21(3,4)5/h1,13-15,19H,12,16-17H2,2-10H3/b15-14+,18-13-/t19-,23+,24-/m0/s1. The summed E-state index contributed by atoms with van der Waals surface area (Å²) in [4.78, 5) is 12.2. The highest BCUT2D eigenvalue weighted by Gasteiger charge is 2.75. The van der Waals surface area contributed by atoms with Crippen LogP contribution in [-0.4, -0.2) is 38.2 Å². The van der Waals surface area contributed by atoms with Gasteiger partial charge in [-0.2, -0.15) is 0 Å². The minimum atomic E-state index is -1.86. The van der Waals surface area contributed by atoms with Crippen molar-refractivity contribution in [3.05, 3.63) is 23.8 Å². The second kappa shape index (κ2) is 7.72. The first-order valence-electron chi connectivity index (χ1n) is 10.6. The van der Waals surface area contributed by atoms with E-state index in [1.807, 2.05) is 6.08 Å². The van der Waals surface area contributed by atoms with Crippen LogP contribution in [-0.2, 0) is 18.7 Å². The molecule has 0 N–H and O–H groups in total. The van der Waals surface area contributed by atoms with Crippen molar-refractivity contribution in [1.29, 1.82) is 0 Å². The highest BCUT2D eigenvalue weighted by atomic mass is 28.4. The van der Waals surface area contributed by atoms with E-state index < -0.39 is 19.9 Å². The summed E-state index contributed by atoms with van der Waals surface area (Å²) in [5.74, 6) is 2.02. The topological polar surface area (TPSA) is 48.1 Å². The molecule has 0 aromatic carbocycles. The van der Waals surface area contributed by atoms with Crippen molar-refractivity contribution in [3.63, 3.8) is 0 Å². The lowest BCUT2D eigenvalue weighted by Gasteiger charge is -2.45. The van der Waals surface area contributed by atoms with E-state index in [2.05, 4.69) is 60.6 Å². The van der Waals surface area contributed by atoms with E-state index in [1.54, 1.807) is 13.0 Å². The molecule has 29 heavy (non-hydrogen) atoms. The van der Waals surface area contributed by atoms with Gasteiger partial charge in [-0.3, -0.25) is 0 Å². The van der Waals surface area contributed by atoms with Gasteiger partial charge in [0.05, 0.1) is 12.2 Å². The summed E-state index contributed by atoms with van der Waals surface area (Å²) in [5, 5.41) is 0.172. The Morgan fingerprint density at radius 1 is 1.28 bits per heavy atom. The van der Waals surface area contributed by atoms with Crippen molar-refractivity contribution in [2.75, 3.05) is 6.61 Å². The number of carbonyl (C=O) groups excluding carboxylic acids is 1. The van der Waals surface area contributed by atoms with E-state index in [-0.39, 0.29) is 22.2 Å². The van der Waals surface area contributed by atoms with Crippen LogP contribution < -0.4 is 0 Å². The van der Waals surface area contributed by atoms with Crippen molar-refractivity contribution in [3.8, 4) is 12.3 Å². The van der Waals surface area contributed by atoms with Crippen LogP contribution >= 0.6 is 0 Å². The summed E-state index contributed by atoms with van der Waals surface area (Å²) in [6.45, 7) is 20.1. The van der Waals surface area contributed by atoms with E-state index >= 15 is 0 Å². The van der Waals surface area contributed by atoms with Gasteiger partial charge in [0, 0.05) is 24.0 Å². The van der Waals surface area contributed by atoms with Crippen LogP contribution in [0.25, 0.3) is 0 Å². The third-order valence-corrected chi connectivity index (χ3v) is 11.5. The van der Waals surface area contributed by atoms with Crippen molar-refractivity contribution in [2.45, 2.75) is 96.7 Å². The fraction of sp³-hybridized carbons (Fsp3) is 0.708. The summed E-state index contributed by atoms with van der Waals surface area (Å²) in [6.07, 6.45) is 12.5. The van der Waals surface area contributed by atoms with Crippen LogP contribution in [0, 0.1) is 17.8 Å². The lowest BCUT2D eigenvalue weighted by molar-refractivity contribution is -0.138. The summed E-state index contributed by atoms with van der Waals surface area (Å²) < 4.78 is 18.2. The van der Waals surface area contributed by atoms with Gasteiger partial charge in [0.25, 0.3) is 0 Å². The van der Waals surface area contributed by atoms with Crippen LogP contribution in [0.3, 0.4) is 0 Å². The lowest BCUT2D eigenvalue weighted by Crippen LogP contribution is -2.51. The van der Waals surface area contributed by atoms with Crippen molar-refractivity contribution >= 4 is 14.3 Å². The molecule has 2 rings (SSSR count). The highest BCUT2D eigenvalue weighted by Crippen LogP contribution is 2.66. The van der Waals surface area contributed by atoms with Gasteiger partial charge >= 0.3 is 5.97 Å². The number of esters is 1. The maximum Gasteiger partial charge on any atom is 0.338 e. The molecule has 0 unspecified atom stereocenters. The predicted molar refractivity (Wildman–Crippen MR) is 120 cm³/mol. The maximum absolute atomic E-state index is 12.2. The van der Waals surface area contributed by atoms with E-state index in [4.69, 9.17) is 20.3 Å². The fourth-order valence-electron chi connectivity index (χ4n) is 4.40. The first-order valence-corrected chi connectivity index (χ1v) is 13.5. The minimum Gasteiger partial charge on any atom is -0.462 e. The molecule has 0 aromatic heterocycles. The maximum atomic E-state index is 12.2. The second-order valence-corrected chi connectivity index (χ2v) is 15.4. The Balaban J connectivity index is 2.25. The zero-order valence-corrected chi connectivity index (χ0v) is 20.6.